The molecule has 0 aromatic carbocycles. The van der Waals surface area contributed by atoms with Crippen LogP contribution in [0.3, 0.4) is 0 Å². The topological polar surface area (TPSA) is 43.4 Å². The molecule has 0 N–H and O–H groups in total. The maximum atomic E-state index is 11.8. The largest absolute Gasteiger partial charge is 0.468 e. The first-order chi connectivity index (χ1) is 6.61. The molecule has 0 radical (unpaired) electrons. The molecule has 3 heteroatoms. The van der Waals surface area contributed by atoms with Crippen molar-refractivity contribution in [2.75, 3.05) is 7.11 Å². The van der Waals surface area contributed by atoms with Gasteiger partial charge in [-0.2, -0.15) is 0 Å². The molecule has 2 bridgehead atoms. The molecule has 3 nitrogen and oxygen atoms in total. The highest BCUT2D eigenvalue weighted by molar-refractivity contribution is 6.08. The fourth-order valence-electron chi connectivity index (χ4n) is 2.75. The molecule has 0 aromatic rings. The van der Waals surface area contributed by atoms with Gasteiger partial charge in [0.2, 0.25) is 0 Å². The van der Waals surface area contributed by atoms with Crippen molar-refractivity contribution in [2.45, 2.75) is 25.7 Å². The van der Waals surface area contributed by atoms with Gasteiger partial charge in [0.1, 0.15) is 5.41 Å². The Morgan fingerprint density at radius 2 is 2.36 bits per heavy atom. The van der Waals surface area contributed by atoms with Crippen LogP contribution >= 0.6 is 0 Å². The summed E-state index contributed by atoms with van der Waals surface area (Å²) in [6, 6.07) is 0. The highest BCUT2D eigenvalue weighted by Crippen LogP contribution is 2.52. The molecule has 2 aliphatic carbocycles. The fourth-order valence-corrected chi connectivity index (χ4v) is 2.75. The Kier molecular flexibility index (Phi) is 1.98. The van der Waals surface area contributed by atoms with Crippen LogP contribution in [0.15, 0.2) is 12.2 Å². The van der Waals surface area contributed by atoms with Crippen LogP contribution in [0.1, 0.15) is 25.7 Å². The van der Waals surface area contributed by atoms with Gasteiger partial charge in [-0.05, 0) is 25.2 Å². The Balaban J connectivity index is 2.42. The molecular formula is C11H14O3. The summed E-state index contributed by atoms with van der Waals surface area (Å²) < 4.78 is 4.73. The van der Waals surface area contributed by atoms with E-state index in [9.17, 15) is 9.59 Å². The Bertz CT molecular complexity index is 295. The number of ether oxygens (including phenoxy) is 1. The first kappa shape index (κ1) is 9.44. The summed E-state index contributed by atoms with van der Waals surface area (Å²) >= 11 is 0. The molecule has 0 aromatic heterocycles. The number of hydrogen-bond acceptors (Lipinski definition) is 3. The first-order valence-corrected chi connectivity index (χ1v) is 4.91. The number of carbonyl (C=O) groups excluding carboxylic acids is 2. The zero-order chi connectivity index (χ0) is 10.3. The van der Waals surface area contributed by atoms with Gasteiger partial charge in [0.25, 0.3) is 0 Å². The molecule has 0 saturated heterocycles. The molecule has 76 valence electrons. The minimum Gasteiger partial charge on any atom is -0.468 e. The van der Waals surface area contributed by atoms with Gasteiger partial charge >= 0.3 is 5.97 Å². The van der Waals surface area contributed by atoms with Crippen LogP contribution in [0.2, 0.25) is 0 Å². The number of fused-ring (bicyclic) bond motifs is 2. The molecule has 14 heavy (non-hydrogen) atoms. The van der Waals surface area contributed by atoms with Gasteiger partial charge < -0.3 is 4.74 Å². The van der Waals surface area contributed by atoms with E-state index in [1.54, 1.807) is 0 Å². The van der Waals surface area contributed by atoms with E-state index in [1.807, 2.05) is 0 Å². The molecule has 2 atom stereocenters. The minimum absolute atomic E-state index is 0.00287. The number of hydrogen-bond donors (Lipinski definition) is 0. The van der Waals surface area contributed by atoms with Crippen LogP contribution in [0.5, 0.6) is 0 Å². The smallest absolute Gasteiger partial charge is 0.323 e. The highest BCUT2D eigenvalue weighted by atomic mass is 16.5. The number of methoxy groups -OCH3 is 1. The average Bonchev–Trinajstić information content (AvgIpc) is 2.46. The maximum absolute atomic E-state index is 11.8. The van der Waals surface area contributed by atoms with Crippen LogP contribution < -0.4 is 0 Å². The lowest BCUT2D eigenvalue weighted by Crippen LogP contribution is -2.41. The number of carbonyl (C=O) groups is 2. The van der Waals surface area contributed by atoms with Gasteiger partial charge in [-0.15, -0.1) is 0 Å². The number of ketones is 1. The Labute approximate surface area is 83.1 Å². The lowest BCUT2D eigenvalue weighted by Gasteiger charge is -2.29. The summed E-state index contributed by atoms with van der Waals surface area (Å²) in [6.07, 6.45) is 2.83. The lowest BCUT2D eigenvalue weighted by atomic mass is 9.73. The zero-order valence-corrected chi connectivity index (χ0v) is 8.34. The van der Waals surface area contributed by atoms with Crippen molar-refractivity contribution >= 4 is 11.8 Å². The number of rotatable bonds is 1. The van der Waals surface area contributed by atoms with Crippen LogP contribution in [0.25, 0.3) is 0 Å². The Hall–Kier alpha value is -1.12. The molecule has 0 heterocycles. The predicted octanol–water partition coefficient (Wildman–Crippen LogP) is 1.47. The SMILES string of the molecule is C=C1C[C@H]2CCC(=O)[C@]1(C(=O)OC)C2. The minimum atomic E-state index is -0.975. The summed E-state index contributed by atoms with van der Waals surface area (Å²) in [6.45, 7) is 3.87. The Morgan fingerprint density at radius 1 is 1.64 bits per heavy atom. The third-order valence-corrected chi connectivity index (χ3v) is 3.52. The van der Waals surface area contributed by atoms with E-state index in [2.05, 4.69) is 6.58 Å². The van der Waals surface area contributed by atoms with E-state index in [1.165, 1.54) is 7.11 Å². The second kappa shape index (κ2) is 2.94. The summed E-state index contributed by atoms with van der Waals surface area (Å²) in [5.41, 5.74) is -0.214. The normalized spacial score (nSPS) is 35.9. The van der Waals surface area contributed by atoms with Crippen molar-refractivity contribution in [3.8, 4) is 0 Å². The first-order valence-electron chi connectivity index (χ1n) is 4.91. The van der Waals surface area contributed by atoms with Crippen molar-refractivity contribution in [1.29, 1.82) is 0 Å². The van der Waals surface area contributed by atoms with Crippen molar-refractivity contribution < 1.29 is 14.3 Å². The van der Waals surface area contributed by atoms with Crippen LogP contribution in [0, 0.1) is 11.3 Å². The van der Waals surface area contributed by atoms with E-state index in [0.717, 1.165) is 18.4 Å². The van der Waals surface area contributed by atoms with E-state index < -0.39 is 11.4 Å². The summed E-state index contributed by atoms with van der Waals surface area (Å²) in [7, 11) is 1.33. The van der Waals surface area contributed by atoms with Crippen LogP contribution in [-0.4, -0.2) is 18.9 Å². The molecular weight excluding hydrogens is 180 g/mol. The quantitative estimate of drug-likeness (QED) is 0.360. The third-order valence-electron chi connectivity index (χ3n) is 3.52. The second-order valence-corrected chi connectivity index (χ2v) is 4.24. The molecule has 0 unspecified atom stereocenters. The van der Waals surface area contributed by atoms with Crippen LogP contribution in [0.4, 0.5) is 0 Å². The standard InChI is InChI=1S/C11H14O3/c1-7-5-8-3-4-9(12)11(7,6-8)10(13)14-2/h8H,1,3-6H2,2H3/t8-,11+/m1/s1. The molecule has 0 amide bonds. The Morgan fingerprint density at radius 3 is 3.00 bits per heavy atom. The second-order valence-electron chi connectivity index (χ2n) is 4.24. The zero-order valence-electron chi connectivity index (χ0n) is 8.34. The van der Waals surface area contributed by atoms with E-state index in [-0.39, 0.29) is 5.78 Å². The van der Waals surface area contributed by atoms with Gasteiger partial charge in [0.05, 0.1) is 7.11 Å². The van der Waals surface area contributed by atoms with Crippen molar-refractivity contribution in [1.82, 2.24) is 0 Å². The van der Waals surface area contributed by atoms with Crippen LogP contribution in [-0.2, 0) is 14.3 Å². The number of Topliss-reactive ketones (excluding diaryl/α,β-unsaturated/α-hetero) is 1. The fraction of sp³-hybridized carbons (Fsp3) is 0.636. The van der Waals surface area contributed by atoms with Gasteiger partial charge in [0.15, 0.2) is 5.78 Å². The van der Waals surface area contributed by atoms with Gasteiger partial charge in [-0.3, -0.25) is 9.59 Å². The maximum Gasteiger partial charge on any atom is 0.323 e. The lowest BCUT2D eigenvalue weighted by molar-refractivity contribution is -0.156. The van der Waals surface area contributed by atoms with Gasteiger partial charge in [0, 0.05) is 6.42 Å². The van der Waals surface area contributed by atoms with E-state index >= 15 is 0 Å². The molecule has 2 rings (SSSR count). The molecule has 0 aliphatic heterocycles. The highest BCUT2D eigenvalue weighted by Gasteiger charge is 2.56. The summed E-state index contributed by atoms with van der Waals surface area (Å²) in [5.74, 6) is 0.0529. The van der Waals surface area contributed by atoms with Gasteiger partial charge in [-0.1, -0.05) is 12.2 Å². The summed E-state index contributed by atoms with van der Waals surface area (Å²) in [5, 5.41) is 0. The van der Waals surface area contributed by atoms with Crippen molar-refractivity contribution in [3.63, 3.8) is 0 Å². The third kappa shape index (κ3) is 0.982. The molecule has 2 saturated carbocycles. The molecule has 2 fully saturated rings. The summed E-state index contributed by atoms with van der Waals surface area (Å²) in [4.78, 5) is 23.5. The molecule has 2 aliphatic rings. The van der Waals surface area contributed by atoms with E-state index in [0.29, 0.717) is 18.8 Å². The van der Waals surface area contributed by atoms with Crippen molar-refractivity contribution in [2.24, 2.45) is 11.3 Å². The average molecular weight is 194 g/mol. The number of esters is 1. The van der Waals surface area contributed by atoms with Crippen molar-refractivity contribution in [3.05, 3.63) is 12.2 Å². The van der Waals surface area contributed by atoms with Gasteiger partial charge in [-0.25, -0.2) is 0 Å². The molecule has 0 spiro atoms. The van der Waals surface area contributed by atoms with E-state index in [4.69, 9.17) is 4.74 Å². The predicted molar refractivity (Wildman–Crippen MR) is 50.6 cm³/mol. The monoisotopic (exact) mass is 194 g/mol.